The SMILES string of the molecule is CCCCCCCCc1ccc2cc3cc(-c4ccccc4)ccc3cc2c1. The summed E-state index contributed by atoms with van der Waals surface area (Å²) in [5, 5.41) is 5.34. The molecule has 0 aromatic heterocycles. The first kappa shape index (κ1) is 18.7. The fraction of sp³-hybridized carbons (Fsp3) is 0.286. The Bertz CT molecular complexity index is 1040. The minimum absolute atomic E-state index is 1.20. The second-order valence-electron chi connectivity index (χ2n) is 7.98. The molecule has 0 bridgehead atoms. The number of aryl methyl sites for hydroxylation is 1. The molecule has 0 saturated heterocycles. The van der Waals surface area contributed by atoms with Gasteiger partial charge in [-0.25, -0.2) is 0 Å². The van der Waals surface area contributed by atoms with Gasteiger partial charge >= 0.3 is 0 Å². The van der Waals surface area contributed by atoms with E-state index >= 15 is 0 Å². The molecule has 0 heterocycles. The summed E-state index contributed by atoms with van der Waals surface area (Å²) in [4.78, 5) is 0. The summed E-state index contributed by atoms with van der Waals surface area (Å²) in [6.45, 7) is 2.28. The molecule has 0 radical (unpaired) electrons. The monoisotopic (exact) mass is 366 g/mol. The molecule has 0 heteroatoms. The van der Waals surface area contributed by atoms with Gasteiger partial charge in [-0.1, -0.05) is 99.7 Å². The van der Waals surface area contributed by atoms with E-state index in [1.165, 1.54) is 83.2 Å². The highest BCUT2D eigenvalue weighted by molar-refractivity contribution is 5.99. The third-order valence-corrected chi connectivity index (χ3v) is 5.79. The van der Waals surface area contributed by atoms with E-state index in [2.05, 4.69) is 85.8 Å². The number of hydrogen-bond donors (Lipinski definition) is 0. The zero-order valence-corrected chi connectivity index (χ0v) is 17.0. The molecule has 0 saturated carbocycles. The van der Waals surface area contributed by atoms with Crippen LogP contribution < -0.4 is 0 Å². The number of hydrogen-bond acceptors (Lipinski definition) is 0. The van der Waals surface area contributed by atoms with Crippen LogP contribution in [0, 0.1) is 0 Å². The van der Waals surface area contributed by atoms with Crippen LogP contribution in [0.15, 0.2) is 78.9 Å². The summed E-state index contributed by atoms with van der Waals surface area (Å²) in [7, 11) is 0. The van der Waals surface area contributed by atoms with Crippen molar-refractivity contribution in [3.05, 3.63) is 84.4 Å². The fourth-order valence-electron chi connectivity index (χ4n) is 4.12. The number of benzene rings is 4. The maximum atomic E-state index is 2.39. The molecule has 4 rings (SSSR count). The quantitative estimate of drug-likeness (QED) is 0.216. The Morgan fingerprint density at radius 1 is 0.500 bits per heavy atom. The number of rotatable bonds is 8. The maximum Gasteiger partial charge on any atom is -0.0171 e. The molecule has 0 aliphatic rings. The Morgan fingerprint density at radius 2 is 1.18 bits per heavy atom. The summed E-state index contributed by atoms with van der Waals surface area (Å²) in [5.74, 6) is 0. The fourth-order valence-corrected chi connectivity index (χ4v) is 4.12. The van der Waals surface area contributed by atoms with Gasteiger partial charge in [0.25, 0.3) is 0 Å². The first-order valence-corrected chi connectivity index (χ1v) is 10.9. The Hall–Kier alpha value is -2.60. The van der Waals surface area contributed by atoms with Crippen molar-refractivity contribution in [2.24, 2.45) is 0 Å². The first-order chi connectivity index (χ1) is 13.8. The molecule has 4 aromatic carbocycles. The average molecular weight is 367 g/mol. The molecule has 0 unspecified atom stereocenters. The maximum absolute atomic E-state index is 2.39. The van der Waals surface area contributed by atoms with Crippen LogP contribution in [-0.4, -0.2) is 0 Å². The van der Waals surface area contributed by atoms with E-state index < -0.39 is 0 Å². The van der Waals surface area contributed by atoms with Crippen molar-refractivity contribution in [1.82, 2.24) is 0 Å². The summed E-state index contributed by atoms with van der Waals surface area (Å²) in [6.07, 6.45) is 9.36. The van der Waals surface area contributed by atoms with Crippen LogP contribution in [0.1, 0.15) is 51.0 Å². The molecule has 0 spiro atoms. The molecule has 0 nitrogen and oxygen atoms in total. The van der Waals surface area contributed by atoms with Crippen molar-refractivity contribution in [1.29, 1.82) is 0 Å². The lowest BCUT2D eigenvalue weighted by Gasteiger charge is -2.08. The second-order valence-corrected chi connectivity index (χ2v) is 7.98. The molecule has 4 aromatic rings. The molecular weight excluding hydrogens is 336 g/mol. The van der Waals surface area contributed by atoms with Crippen molar-refractivity contribution < 1.29 is 0 Å². The molecule has 0 aliphatic carbocycles. The highest BCUT2D eigenvalue weighted by Crippen LogP contribution is 2.28. The largest absolute Gasteiger partial charge is 0.0654 e. The third-order valence-electron chi connectivity index (χ3n) is 5.79. The summed E-state index contributed by atoms with van der Waals surface area (Å²) >= 11 is 0. The van der Waals surface area contributed by atoms with Gasteiger partial charge in [-0.2, -0.15) is 0 Å². The normalized spacial score (nSPS) is 11.3. The van der Waals surface area contributed by atoms with Crippen LogP contribution in [0.4, 0.5) is 0 Å². The molecular formula is C28H30. The predicted molar refractivity (Wildman–Crippen MR) is 124 cm³/mol. The molecule has 0 N–H and O–H groups in total. The molecule has 142 valence electrons. The van der Waals surface area contributed by atoms with Gasteiger partial charge in [-0.3, -0.25) is 0 Å². The van der Waals surface area contributed by atoms with Gasteiger partial charge in [0, 0.05) is 0 Å². The topological polar surface area (TPSA) is 0 Å². The van der Waals surface area contributed by atoms with Gasteiger partial charge in [0.1, 0.15) is 0 Å². The Morgan fingerprint density at radius 3 is 1.96 bits per heavy atom. The van der Waals surface area contributed by atoms with Gasteiger partial charge in [0.15, 0.2) is 0 Å². The lowest BCUT2D eigenvalue weighted by atomic mass is 9.97. The second kappa shape index (κ2) is 9.06. The van der Waals surface area contributed by atoms with E-state index in [4.69, 9.17) is 0 Å². The molecule has 0 atom stereocenters. The molecule has 0 fully saturated rings. The van der Waals surface area contributed by atoms with Crippen LogP contribution in [0.5, 0.6) is 0 Å². The molecule has 28 heavy (non-hydrogen) atoms. The van der Waals surface area contributed by atoms with Gasteiger partial charge in [0.2, 0.25) is 0 Å². The van der Waals surface area contributed by atoms with E-state index in [9.17, 15) is 0 Å². The summed E-state index contributed by atoms with van der Waals surface area (Å²) in [5.41, 5.74) is 4.04. The minimum Gasteiger partial charge on any atom is -0.0654 e. The van der Waals surface area contributed by atoms with Crippen LogP contribution in [0.3, 0.4) is 0 Å². The Kier molecular flexibility index (Phi) is 6.07. The minimum atomic E-state index is 1.20. The van der Waals surface area contributed by atoms with Crippen molar-refractivity contribution in [3.63, 3.8) is 0 Å². The summed E-state index contributed by atoms with van der Waals surface area (Å²) < 4.78 is 0. The van der Waals surface area contributed by atoms with E-state index in [0.717, 1.165) is 0 Å². The van der Waals surface area contributed by atoms with Gasteiger partial charge < -0.3 is 0 Å². The highest BCUT2D eigenvalue weighted by Gasteiger charge is 2.03. The van der Waals surface area contributed by atoms with Crippen molar-refractivity contribution >= 4 is 21.5 Å². The highest BCUT2D eigenvalue weighted by atomic mass is 14.1. The molecule has 0 aliphatic heterocycles. The first-order valence-electron chi connectivity index (χ1n) is 10.9. The van der Waals surface area contributed by atoms with E-state index in [1.54, 1.807) is 0 Å². The van der Waals surface area contributed by atoms with Crippen molar-refractivity contribution in [3.8, 4) is 11.1 Å². The smallest absolute Gasteiger partial charge is 0.0171 e. The van der Waals surface area contributed by atoms with Crippen LogP contribution in [0.2, 0.25) is 0 Å². The average Bonchev–Trinajstić information content (AvgIpc) is 2.75. The lowest BCUT2D eigenvalue weighted by molar-refractivity contribution is 0.607. The summed E-state index contributed by atoms with van der Waals surface area (Å²) in [6, 6.07) is 29.2. The third kappa shape index (κ3) is 4.44. The zero-order valence-electron chi connectivity index (χ0n) is 17.0. The van der Waals surface area contributed by atoms with Gasteiger partial charge in [0.05, 0.1) is 0 Å². The Labute approximate surface area is 169 Å². The van der Waals surface area contributed by atoms with Gasteiger partial charge in [-0.15, -0.1) is 0 Å². The number of fused-ring (bicyclic) bond motifs is 2. The molecule has 0 amide bonds. The van der Waals surface area contributed by atoms with E-state index in [-0.39, 0.29) is 0 Å². The van der Waals surface area contributed by atoms with E-state index in [0.29, 0.717) is 0 Å². The number of unbranched alkanes of at least 4 members (excludes halogenated alkanes) is 5. The standard InChI is InChI=1S/C28H30/c1-2-3-4-5-6-8-11-22-14-15-25-21-28-19-24(23-12-9-7-10-13-23)16-17-26(28)20-27(25)18-22/h7,9-10,12-21H,2-6,8,11H2,1H3. The zero-order chi connectivity index (χ0) is 19.2. The lowest BCUT2D eigenvalue weighted by Crippen LogP contribution is -1.87. The van der Waals surface area contributed by atoms with Crippen molar-refractivity contribution in [2.75, 3.05) is 0 Å². The van der Waals surface area contributed by atoms with E-state index in [1.807, 2.05) is 0 Å². The van der Waals surface area contributed by atoms with Gasteiger partial charge in [-0.05, 0) is 69.3 Å². The van der Waals surface area contributed by atoms with Crippen LogP contribution >= 0.6 is 0 Å². The van der Waals surface area contributed by atoms with Crippen LogP contribution in [-0.2, 0) is 6.42 Å². The van der Waals surface area contributed by atoms with Crippen molar-refractivity contribution in [2.45, 2.75) is 51.9 Å². The Balaban J connectivity index is 1.53. The van der Waals surface area contributed by atoms with Crippen LogP contribution in [0.25, 0.3) is 32.7 Å². The predicted octanol–water partition coefficient (Wildman–Crippen LogP) is 8.56.